The molecule has 2 nitrogen and oxygen atoms in total. The Bertz CT molecular complexity index is 463. The number of halogens is 1. The highest BCUT2D eigenvalue weighted by atomic mass is 79.9. The fourth-order valence-electron chi connectivity index (χ4n) is 1.54. The molecule has 2 aromatic rings. The third-order valence-electron chi connectivity index (χ3n) is 2.63. The van der Waals surface area contributed by atoms with E-state index in [-0.39, 0.29) is 5.41 Å². The van der Waals surface area contributed by atoms with Crippen LogP contribution in [-0.4, -0.2) is 11.5 Å². The summed E-state index contributed by atoms with van der Waals surface area (Å²) in [6.45, 7) is 5.36. The lowest BCUT2D eigenvalue weighted by Gasteiger charge is -2.23. The van der Waals surface area contributed by atoms with E-state index in [2.05, 4.69) is 57.6 Å². The van der Waals surface area contributed by atoms with E-state index in [1.54, 1.807) is 17.5 Å². The first-order valence-corrected chi connectivity index (χ1v) is 7.15. The fraction of sp³-hybridized carbons (Fsp3) is 0.308. The van der Waals surface area contributed by atoms with Crippen molar-refractivity contribution >= 4 is 33.1 Å². The number of hydrogen-bond acceptors (Lipinski definition) is 3. The molecular formula is C13H15BrN2S. The third-order valence-corrected chi connectivity index (χ3v) is 4.33. The highest BCUT2D eigenvalue weighted by Crippen LogP contribution is 2.27. The number of aromatic nitrogens is 1. The lowest BCUT2D eigenvalue weighted by molar-refractivity contribution is 0.568. The van der Waals surface area contributed by atoms with Gasteiger partial charge in [0, 0.05) is 27.5 Å². The molecule has 0 unspecified atom stereocenters. The maximum Gasteiger partial charge on any atom is 0.125 e. The van der Waals surface area contributed by atoms with Crippen molar-refractivity contribution in [3.05, 3.63) is 45.2 Å². The SMILES string of the molecule is CC(C)(CNc1ccc(Br)cn1)c1cccs1. The summed E-state index contributed by atoms with van der Waals surface area (Å²) in [4.78, 5) is 5.70. The first kappa shape index (κ1) is 12.6. The summed E-state index contributed by atoms with van der Waals surface area (Å²) < 4.78 is 1.00. The van der Waals surface area contributed by atoms with Crippen molar-refractivity contribution in [3.8, 4) is 0 Å². The summed E-state index contributed by atoms with van der Waals surface area (Å²) in [6.07, 6.45) is 1.81. The number of pyridine rings is 1. The van der Waals surface area contributed by atoms with Crippen molar-refractivity contribution in [2.24, 2.45) is 0 Å². The van der Waals surface area contributed by atoms with Gasteiger partial charge in [-0.15, -0.1) is 11.3 Å². The number of nitrogens with one attached hydrogen (secondary N) is 1. The first-order chi connectivity index (χ1) is 8.08. The third kappa shape index (κ3) is 3.30. The van der Waals surface area contributed by atoms with Crippen LogP contribution in [0.1, 0.15) is 18.7 Å². The van der Waals surface area contributed by atoms with Crippen LogP contribution in [0.3, 0.4) is 0 Å². The predicted molar refractivity (Wildman–Crippen MR) is 77.8 cm³/mol. The highest BCUT2D eigenvalue weighted by molar-refractivity contribution is 9.10. The quantitative estimate of drug-likeness (QED) is 0.911. The molecule has 2 aromatic heterocycles. The number of thiophene rings is 1. The molecule has 0 bridgehead atoms. The van der Waals surface area contributed by atoms with E-state index in [4.69, 9.17) is 0 Å². The van der Waals surface area contributed by atoms with Gasteiger partial charge in [-0.1, -0.05) is 19.9 Å². The van der Waals surface area contributed by atoms with Gasteiger partial charge < -0.3 is 5.32 Å². The smallest absolute Gasteiger partial charge is 0.125 e. The molecule has 0 radical (unpaired) electrons. The summed E-state index contributed by atoms with van der Waals surface area (Å²) in [7, 11) is 0. The maximum atomic E-state index is 4.31. The molecule has 0 amide bonds. The van der Waals surface area contributed by atoms with Gasteiger partial charge in [0.25, 0.3) is 0 Å². The van der Waals surface area contributed by atoms with Crippen LogP contribution >= 0.6 is 27.3 Å². The van der Waals surface area contributed by atoms with E-state index in [9.17, 15) is 0 Å². The molecule has 90 valence electrons. The Labute approximate surface area is 114 Å². The maximum absolute atomic E-state index is 4.31. The fourth-order valence-corrected chi connectivity index (χ4v) is 2.63. The van der Waals surface area contributed by atoms with Gasteiger partial charge in [-0.3, -0.25) is 0 Å². The minimum atomic E-state index is 0.128. The Morgan fingerprint density at radius 3 is 2.76 bits per heavy atom. The molecule has 1 N–H and O–H groups in total. The topological polar surface area (TPSA) is 24.9 Å². The van der Waals surface area contributed by atoms with Crippen LogP contribution in [0, 0.1) is 0 Å². The highest BCUT2D eigenvalue weighted by Gasteiger charge is 2.21. The zero-order chi connectivity index (χ0) is 12.3. The molecule has 2 rings (SSSR count). The Morgan fingerprint density at radius 1 is 1.35 bits per heavy atom. The number of hydrogen-bond donors (Lipinski definition) is 1. The van der Waals surface area contributed by atoms with Crippen LogP contribution in [0.4, 0.5) is 5.82 Å². The van der Waals surface area contributed by atoms with Gasteiger partial charge >= 0.3 is 0 Å². The normalized spacial score (nSPS) is 11.5. The number of anilines is 1. The largest absolute Gasteiger partial charge is 0.369 e. The standard InChI is InChI=1S/C13H15BrN2S/c1-13(2,11-4-3-7-17-11)9-16-12-6-5-10(14)8-15-12/h3-8H,9H2,1-2H3,(H,15,16). The van der Waals surface area contributed by atoms with Gasteiger partial charge in [-0.25, -0.2) is 4.98 Å². The first-order valence-electron chi connectivity index (χ1n) is 5.47. The van der Waals surface area contributed by atoms with Gasteiger partial charge in [-0.05, 0) is 39.5 Å². The van der Waals surface area contributed by atoms with E-state index in [1.165, 1.54) is 4.88 Å². The van der Waals surface area contributed by atoms with Crippen LogP contribution in [0.25, 0.3) is 0 Å². The van der Waals surface area contributed by atoms with Gasteiger partial charge in [0.1, 0.15) is 5.82 Å². The molecule has 0 aromatic carbocycles. The lowest BCUT2D eigenvalue weighted by atomic mass is 9.91. The van der Waals surface area contributed by atoms with E-state index < -0.39 is 0 Å². The average molecular weight is 311 g/mol. The molecule has 0 atom stereocenters. The summed E-state index contributed by atoms with van der Waals surface area (Å²) in [6, 6.07) is 8.25. The van der Waals surface area contributed by atoms with Gasteiger partial charge in [0.2, 0.25) is 0 Å². The molecule has 0 saturated carbocycles. The van der Waals surface area contributed by atoms with Crippen molar-refractivity contribution in [2.45, 2.75) is 19.3 Å². The second-order valence-corrected chi connectivity index (χ2v) is 6.44. The predicted octanol–water partition coefficient (Wildman–Crippen LogP) is 4.30. The average Bonchev–Trinajstić information content (AvgIpc) is 2.82. The van der Waals surface area contributed by atoms with Crippen LogP contribution in [0.5, 0.6) is 0 Å². The Kier molecular flexibility index (Phi) is 3.84. The van der Waals surface area contributed by atoms with Gasteiger partial charge in [0.05, 0.1) is 0 Å². The van der Waals surface area contributed by atoms with Gasteiger partial charge in [-0.2, -0.15) is 0 Å². The molecule has 2 heterocycles. The molecule has 0 aliphatic heterocycles. The summed E-state index contributed by atoms with van der Waals surface area (Å²) in [5, 5.41) is 5.50. The van der Waals surface area contributed by atoms with E-state index in [1.807, 2.05) is 12.1 Å². The second kappa shape index (κ2) is 5.19. The summed E-state index contributed by atoms with van der Waals surface area (Å²) >= 11 is 5.18. The zero-order valence-corrected chi connectivity index (χ0v) is 12.3. The van der Waals surface area contributed by atoms with E-state index in [0.29, 0.717) is 0 Å². The molecule has 0 aliphatic carbocycles. The summed E-state index contributed by atoms with van der Waals surface area (Å²) in [5.41, 5.74) is 0.128. The molecule has 0 fully saturated rings. The second-order valence-electron chi connectivity index (χ2n) is 4.58. The van der Waals surface area contributed by atoms with Crippen LogP contribution in [0.2, 0.25) is 0 Å². The number of nitrogens with zero attached hydrogens (tertiary/aromatic N) is 1. The van der Waals surface area contributed by atoms with Gasteiger partial charge in [0.15, 0.2) is 0 Å². The van der Waals surface area contributed by atoms with E-state index in [0.717, 1.165) is 16.8 Å². The minimum absolute atomic E-state index is 0.128. The molecule has 0 saturated heterocycles. The van der Waals surface area contributed by atoms with Crippen molar-refractivity contribution < 1.29 is 0 Å². The van der Waals surface area contributed by atoms with Crippen molar-refractivity contribution in [1.29, 1.82) is 0 Å². The summed E-state index contributed by atoms with van der Waals surface area (Å²) in [5.74, 6) is 0.915. The lowest BCUT2D eigenvalue weighted by Crippen LogP contribution is -2.26. The molecular weight excluding hydrogens is 296 g/mol. The molecule has 17 heavy (non-hydrogen) atoms. The van der Waals surface area contributed by atoms with Crippen molar-refractivity contribution in [2.75, 3.05) is 11.9 Å². The van der Waals surface area contributed by atoms with Crippen LogP contribution in [-0.2, 0) is 5.41 Å². The molecule has 0 spiro atoms. The van der Waals surface area contributed by atoms with Crippen LogP contribution < -0.4 is 5.32 Å². The monoisotopic (exact) mass is 310 g/mol. The van der Waals surface area contributed by atoms with Crippen molar-refractivity contribution in [1.82, 2.24) is 4.98 Å². The minimum Gasteiger partial charge on any atom is -0.369 e. The Morgan fingerprint density at radius 2 is 2.18 bits per heavy atom. The Balaban J connectivity index is 2.00. The zero-order valence-electron chi connectivity index (χ0n) is 9.90. The Hall–Kier alpha value is -0.870. The van der Waals surface area contributed by atoms with E-state index >= 15 is 0 Å². The molecule has 4 heteroatoms. The van der Waals surface area contributed by atoms with Crippen molar-refractivity contribution in [3.63, 3.8) is 0 Å². The molecule has 0 aliphatic rings. The van der Waals surface area contributed by atoms with Crippen LogP contribution in [0.15, 0.2) is 40.3 Å². The number of rotatable bonds is 4.